The van der Waals surface area contributed by atoms with Crippen molar-refractivity contribution in [2.75, 3.05) is 24.3 Å². The topological polar surface area (TPSA) is 83.3 Å². The average molecular weight is 325 g/mol. The van der Waals surface area contributed by atoms with Crippen LogP contribution in [0.3, 0.4) is 0 Å². The first kappa shape index (κ1) is 15.8. The largest absolute Gasteiger partial charge is 0.423 e. The van der Waals surface area contributed by atoms with Crippen LogP contribution in [0.2, 0.25) is 0 Å². The van der Waals surface area contributed by atoms with Crippen LogP contribution in [0.1, 0.15) is 11.3 Å². The molecular weight excluding hydrogens is 306 g/mol. The molecule has 0 aliphatic carbocycles. The minimum atomic E-state index is -0.537. The number of fused-ring (bicyclic) bond motifs is 1. The molecular formula is C17H19N5O2. The molecule has 2 N–H and O–H groups in total. The van der Waals surface area contributed by atoms with Gasteiger partial charge in [-0.05, 0) is 24.6 Å². The van der Waals surface area contributed by atoms with Crippen LogP contribution in [-0.2, 0) is 6.54 Å². The molecule has 0 radical (unpaired) electrons. The number of pyridine rings is 1. The Labute approximate surface area is 139 Å². The summed E-state index contributed by atoms with van der Waals surface area (Å²) in [7, 11) is 3.98. The third kappa shape index (κ3) is 2.88. The first-order valence-electron chi connectivity index (χ1n) is 7.54. The number of nitrogens with zero attached hydrogens (tertiary/aromatic N) is 4. The second-order valence-electron chi connectivity index (χ2n) is 5.78. The van der Waals surface area contributed by atoms with Gasteiger partial charge in [-0.2, -0.15) is 0 Å². The number of nitrogens with one attached hydrogen (secondary N) is 1. The molecule has 3 aromatic rings. The molecule has 0 aliphatic heterocycles. The van der Waals surface area contributed by atoms with Crippen LogP contribution in [0.25, 0.3) is 11.0 Å². The van der Waals surface area contributed by atoms with Gasteiger partial charge < -0.3 is 15.4 Å². The summed E-state index contributed by atoms with van der Waals surface area (Å²) in [6, 6.07) is 9.47. The van der Waals surface area contributed by atoms with Crippen molar-refractivity contribution in [1.29, 1.82) is 0 Å². The summed E-state index contributed by atoms with van der Waals surface area (Å²) in [5.74, 6) is 0. The standard InChI is InChI=1S/C17H19N5O2/c1-11-16-14(8-15(23)22(24)17(16)20-10-19-11)18-9-12-5-4-6-13(7-12)21(2)3/h4-8,10,18,24H,9H2,1-3H3. The van der Waals surface area contributed by atoms with Gasteiger partial charge in [0.05, 0.1) is 16.8 Å². The van der Waals surface area contributed by atoms with Gasteiger partial charge in [-0.25, -0.2) is 9.97 Å². The monoisotopic (exact) mass is 325 g/mol. The minimum Gasteiger partial charge on any atom is -0.423 e. The molecule has 0 amide bonds. The normalized spacial score (nSPS) is 10.8. The molecule has 0 spiro atoms. The average Bonchev–Trinajstić information content (AvgIpc) is 2.57. The van der Waals surface area contributed by atoms with Crippen LogP contribution in [0.15, 0.2) is 41.5 Å². The lowest BCUT2D eigenvalue weighted by Gasteiger charge is -2.15. The molecule has 124 valence electrons. The molecule has 2 aromatic heterocycles. The van der Waals surface area contributed by atoms with Crippen LogP contribution < -0.4 is 15.8 Å². The van der Waals surface area contributed by atoms with Crippen molar-refractivity contribution in [3.05, 3.63) is 58.3 Å². The van der Waals surface area contributed by atoms with Crippen molar-refractivity contribution >= 4 is 22.4 Å². The van der Waals surface area contributed by atoms with Gasteiger partial charge in [0.15, 0.2) is 5.65 Å². The number of rotatable bonds is 4. The molecule has 0 saturated carbocycles. The molecule has 7 heteroatoms. The second kappa shape index (κ2) is 6.19. The van der Waals surface area contributed by atoms with Gasteiger partial charge in [-0.15, -0.1) is 4.73 Å². The summed E-state index contributed by atoms with van der Waals surface area (Å²) < 4.78 is 0.544. The van der Waals surface area contributed by atoms with Crippen molar-refractivity contribution in [2.45, 2.75) is 13.5 Å². The molecule has 0 atom stereocenters. The third-order valence-electron chi connectivity index (χ3n) is 3.87. The van der Waals surface area contributed by atoms with Crippen LogP contribution >= 0.6 is 0 Å². The van der Waals surface area contributed by atoms with E-state index in [0.717, 1.165) is 11.3 Å². The van der Waals surface area contributed by atoms with E-state index in [1.165, 1.54) is 12.4 Å². The highest BCUT2D eigenvalue weighted by Crippen LogP contribution is 2.23. The van der Waals surface area contributed by atoms with Gasteiger partial charge in [0.25, 0.3) is 5.56 Å². The van der Waals surface area contributed by atoms with E-state index < -0.39 is 5.56 Å². The quantitative estimate of drug-likeness (QED) is 0.714. The Morgan fingerprint density at radius 1 is 1.25 bits per heavy atom. The molecule has 2 heterocycles. The van der Waals surface area contributed by atoms with Gasteiger partial charge in [-0.3, -0.25) is 4.79 Å². The second-order valence-corrected chi connectivity index (χ2v) is 5.78. The van der Waals surface area contributed by atoms with E-state index in [1.807, 2.05) is 44.1 Å². The Kier molecular flexibility index (Phi) is 4.07. The number of anilines is 2. The van der Waals surface area contributed by atoms with Gasteiger partial charge in [0.1, 0.15) is 6.33 Å². The summed E-state index contributed by atoms with van der Waals surface area (Å²) in [5.41, 5.74) is 3.13. The lowest BCUT2D eigenvalue weighted by molar-refractivity contribution is 0.186. The van der Waals surface area contributed by atoms with E-state index in [1.54, 1.807) is 0 Å². The SMILES string of the molecule is Cc1ncnc2c1c(NCc1cccc(N(C)C)c1)cc(=O)n2O. The smallest absolute Gasteiger partial charge is 0.286 e. The summed E-state index contributed by atoms with van der Waals surface area (Å²) >= 11 is 0. The zero-order chi connectivity index (χ0) is 17.3. The van der Waals surface area contributed by atoms with Crippen molar-refractivity contribution in [2.24, 2.45) is 0 Å². The fraction of sp³-hybridized carbons (Fsp3) is 0.235. The molecule has 0 saturated heterocycles. The fourth-order valence-electron chi connectivity index (χ4n) is 2.58. The molecule has 0 fully saturated rings. The first-order chi connectivity index (χ1) is 11.5. The maximum atomic E-state index is 11.9. The first-order valence-corrected chi connectivity index (χ1v) is 7.54. The van der Waals surface area contributed by atoms with E-state index in [0.29, 0.717) is 28.0 Å². The van der Waals surface area contributed by atoms with E-state index in [9.17, 15) is 10.0 Å². The number of aryl methyl sites for hydroxylation is 1. The predicted octanol–water partition coefficient (Wildman–Crippen LogP) is 2.02. The van der Waals surface area contributed by atoms with Crippen LogP contribution in [0.4, 0.5) is 11.4 Å². The summed E-state index contributed by atoms with van der Waals surface area (Å²) in [4.78, 5) is 22.1. The van der Waals surface area contributed by atoms with Crippen LogP contribution in [0.5, 0.6) is 0 Å². The number of hydrogen-bond acceptors (Lipinski definition) is 6. The summed E-state index contributed by atoms with van der Waals surface area (Å²) in [6.07, 6.45) is 1.33. The highest BCUT2D eigenvalue weighted by Gasteiger charge is 2.12. The molecule has 1 aromatic carbocycles. The van der Waals surface area contributed by atoms with Gasteiger partial charge in [-0.1, -0.05) is 12.1 Å². The Balaban J connectivity index is 1.98. The number of aromatic nitrogens is 3. The Morgan fingerprint density at radius 2 is 2.04 bits per heavy atom. The fourth-order valence-corrected chi connectivity index (χ4v) is 2.58. The Morgan fingerprint density at radius 3 is 2.79 bits per heavy atom. The van der Waals surface area contributed by atoms with Crippen molar-refractivity contribution < 1.29 is 5.21 Å². The molecule has 0 unspecified atom stereocenters. The number of hydrogen-bond donors (Lipinski definition) is 2. The maximum absolute atomic E-state index is 11.9. The summed E-state index contributed by atoms with van der Waals surface area (Å²) in [6.45, 7) is 2.35. The minimum absolute atomic E-state index is 0.194. The van der Waals surface area contributed by atoms with E-state index in [4.69, 9.17) is 0 Å². The zero-order valence-corrected chi connectivity index (χ0v) is 13.8. The molecule has 0 bridgehead atoms. The van der Waals surface area contributed by atoms with Crippen molar-refractivity contribution in [3.63, 3.8) is 0 Å². The highest BCUT2D eigenvalue weighted by atomic mass is 16.5. The maximum Gasteiger partial charge on any atom is 0.286 e. The molecule has 24 heavy (non-hydrogen) atoms. The Hall–Kier alpha value is -3.09. The molecule has 0 aliphatic rings. The van der Waals surface area contributed by atoms with E-state index >= 15 is 0 Å². The van der Waals surface area contributed by atoms with Crippen molar-refractivity contribution in [1.82, 2.24) is 14.7 Å². The Bertz CT molecular complexity index is 949. The highest BCUT2D eigenvalue weighted by molar-refractivity contribution is 5.90. The van der Waals surface area contributed by atoms with E-state index in [2.05, 4.69) is 21.4 Å². The zero-order valence-electron chi connectivity index (χ0n) is 13.8. The van der Waals surface area contributed by atoms with Crippen LogP contribution in [0, 0.1) is 6.92 Å². The van der Waals surface area contributed by atoms with E-state index in [-0.39, 0.29) is 5.65 Å². The van der Waals surface area contributed by atoms with Crippen LogP contribution in [-0.4, -0.2) is 34.0 Å². The lowest BCUT2D eigenvalue weighted by Crippen LogP contribution is -2.20. The van der Waals surface area contributed by atoms with Gasteiger partial charge in [0.2, 0.25) is 0 Å². The molecule has 7 nitrogen and oxygen atoms in total. The third-order valence-corrected chi connectivity index (χ3v) is 3.87. The summed E-state index contributed by atoms with van der Waals surface area (Å²) in [5, 5.41) is 13.8. The molecule has 3 rings (SSSR count). The lowest BCUT2D eigenvalue weighted by atomic mass is 10.1. The number of benzene rings is 1. The van der Waals surface area contributed by atoms with Gasteiger partial charge in [0, 0.05) is 32.4 Å². The van der Waals surface area contributed by atoms with Gasteiger partial charge >= 0.3 is 0 Å². The van der Waals surface area contributed by atoms with Crippen molar-refractivity contribution in [3.8, 4) is 0 Å². The predicted molar refractivity (Wildman–Crippen MR) is 93.8 cm³/mol.